The van der Waals surface area contributed by atoms with Crippen LogP contribution in [0.5, 0.6) is 0 Å². The molecule has 1 heterocycles. The molecule has 4 rings (SSSR count). The Morgan fingerprint density at radius 2 is 1.88 bits per heavy atom. The predicted molar refractivity (Wildman–Crippen MR) is 125 cm³/mol. The van der Waals surface area contributed by atoms with Gasteiger partial charge in [-0.1, -0.05) is 41.9 Å². The summed E-state index contributed by atoms with van der Waals surface area (Å²) in [6.07, 6.45) is 1.61. The van der Waals surface area contributed by atoms with Crippen LogP contribution in [0.25, 0.3) is 10.9 Å². The van der Waals surface area contributed by atoms with Crippen LogP contribution < -0.4 is 10.5 Å². The fraction of sp³-hybridized carbons (Fsp3) is 0.0870. The minimum absolute atomic E-state index is 0.0234. The van der Waals surface area contributed by atoms with Crippen LogP contribution in [0.4, 0.5) is 5.69 Å². The summed E-state index contributed by atoms with van der Waals surface area (Å²) in [7, 11) is -4.08. The first-order valence-electron chi connectivity index (χ1n) is 9.79. The maximum atomic E-state index is 12.5. The van der Waals surface area contributed by atoms with Crippen molar-refractivity contribution in [2.75, 3.05) is 5.32 Å². The largest absolute Gasteiger partial charge is 0.326 e. The second-order valence-electron chi connectivity index (χ2n) is 7.40. The SMILES string of the molecule is N#Cc1ccc(Cn2cc3c(S(N)(=O)=O)cc(NC(=O)Cc4ccccc4Cl)cc3n2)cc1. The second kappa shape index (κ2) is 9.03. The Bertz CT molecular complexity index is 1510. The van der Waals surface area contributed by atoms with Gasteiger partial charge in [0.1, 0.15) is 0 Å². The molecule has 3 aromatic carbocycles. The van der Waals surface area contributed by atoms with Crippen LogP contribution in [0, 0.1) is 11.3 Å². The van der Waals surface area contributed by atoms with E-state index in [1.54, 1.807) is 65.5 Å². The topological polar surface area (TPSA) is 131 Å². The molecule has 0 saturated carbocycles. The fourth-order valence-corrected chi connectivity index (χ4v) is 4.38. The molecule has 1 amide bonds. The van der Waals surface area contributed by atoms with E-state index in [0.29, 0.717) is 33.6 Å². The zero-order chi connectivity index (χ0) is 23.6. The van der Waals surface area contributed by atoms with Crippen molar-refractivity contribution in [1.29, 1.82) is 5.26 Å². The van der Waals surface area contributed by atoms with Gasteiger partial charge in [0.25, 0.3) is 0 Å². The number of hydrogen-bond acceptors (Lipinski definition) is 5. The number of sulfonamides is 1. The van der Waals surface area contributed by atoms with Gasteiger partial charge in [-0.3, -0.25) is 9.48 Å². The average Bonchev–Trinajstić information content (AvgIpc) is 3.16. The number of rotatable bonds is 6. The summed E-state index contributed by atoms with van der Waals surface area (Å²) in [5.41, 5.74) is 2.69. The zero-order valence-corrected chi connectivity index (χ0v) is 18.8. The van der Waals surface area contributed by atoms with Gasteiger partial charge in [0, 0.05) is 22.3 Å². The van der Waals surface area contributed by atoms with Crippen LogP contribution in [-0.4, -0.2) is 24.1 Å². The van der Waals surface area contributed by atoms with Crippen molar-refractivity contribution in [3.8, 4) is 6.07 Å². The average molecular weight is 480 g/mol. The van der Waals surface area contributed by atoms with Crippen LogP contribution in [0.1, 0.15) is 16.7 Å². The van der Waals surface area contributed by atoms with E-state index in [1.807, 2.05) is 0 Å². The summed E-state index contributed by atoms with van der Waals surface area (Å²) in [5, 5.41) is 22.3. The monoisotopic (exact) mass is 479 g/mol. The number of carbonyl (C=O) groups excluding carboxylic acids is 1. The number of nitriles is 1. The molecule has 166 valence electrons. The van der Waals surface area contributed by atoms with Crippen molar-refractivity contribution in [3.05, 3.63) is 88.6 Å². The number of nitrogens with zero attached hydrogens (tertiary/aromatic N) is 3. The Morgan fingerprint density at radius 3 is 2.55 bits per heavy atom. The van der Waals surface area contributed by atoms with E-state index in [1.165, 1.54) is 6.07 Å². The van der Waals surface area contributed by atoms with Gasteiger partial charge in [0.05, 0.1) is 35.0 Å². The fourth-order valence-electron chi connectivity index (χ4n) is 3.42. The third kappa shape index (κ3) is 5.21. The number of amides is 1. The number of carbonyl (C=O) groups is 1. The van der Waals surface area contributed by atoms with Crippen molar-refractivity contribution >= 4 is 44.1 Å². The van der Waals surface area contributed by atoms with E-state index >= 15 is 0 Å². The quantitative estimate of drug-likeness (QED) is 0.437. The summed E-state index contributed by atoms with van der Waals surface area (Å²) in [5.74, 6) is -0.361. The van der Waals surface area contributed by atoms with E-state index in [9.17, 15) is 13.2 Å². The first-order valence-corrected chi connectivity index (χ1v) is 11.7. The Hall–Kier alpha value is -3.71. The summed E-state index contributed by atoms with van der Waals surface area (Å²) < 4.78 is 26.1. The number of fused-ring (bicyclic) bond motifs is 1. The number of hydrogen-bond donors (Lipinski definition) is 2. The molecule has 4 aromatic rings. The molecule has 0 atom stereocenters. The predicted octanol–water partition coefficient (Wildman–Crippen LogP) is 3.44. The van der Waals surface area contributed by atoms with E-state index in [-0.39, 0.29) is 22.9 Å². The molecule has 0 bridgehead atoms. The summed E-state index contributed by atoms with van der Waals surface area (Å²) in [6, 6.07) is 18.9. The Balaban J connectivity index is 1.64. The lowest BCUT2D eigenvalue weighted by Crippen LogP contribution is -2.16. The van der Waals surface area contributed by atoms with Crippen molar-refractivity contribution in [1.82, 2.24) is 9.78 Å². The molecule has 0 aliphatic heterocycles. The molecule has 0 fully saturated rings. The summed E-state index contributed by atoms with van der Waals surface area (Å²) in [4.78, 5) is 12.4. The van der Waals surface area contributed by atoms with Crippen LogP contribution in [0.3, 0.4) is 0 Å². The van der Waals surface area contributed by atoms with Crippen molar-refractivity contribution in [3.63, 3.8) is 0 Å². The van der Waals surface area contributed by atoms with Gasteiger partial charge in [-0.15, -0.1) is 0 Å². The number of nitrogens with one attached hydrogen (secondary N) is 1. The number of halogens is 1. The number of anilines is 1. The molecule has 10 heteroatoms. The molecule has 0 aliphatic rings. The van der Waals surface area contributed by atoms with Gasteiger partial charge in [-0.25, -0.2) is 13.6 Å². The number of aromatic nitrogens is 2. The highest BCUT2D eigenvalue weighted by Crippen LogP contribution is 2.27. The molecule has 0 unspecified atom stereocenters. The van der Waals surface area contributed by atoms with Gasteiger partial charge in [-0.05, 0) is 41.5 Å². The number of benzene rings is 3. The number of nitrogens with two attached hydrogens (primary N) is 1. The second-order valence-corrected chi connectivity index (χ2v) is 9.34. The highest BCUT2D eigenvalue weighted by molar-refractivity contribution is 7.89. The lowest BCUT2D eigenvalue weighted by molar-refractivity contribution is -0.115. The van der Waals surface area contributed by atoms with Gasteiger partial charge in [0.15, 0.2) is 0 Å². The highest BCUT2D eigenvalue weighted by atomic mass is 35.5. The lowest BCUT2D eigenvalue weighted by atomic mass is 10.1. The molecule has 0 radical (unpaired) electrons. The van der Waals surface area contributed by atoms with Crippen LogP contribution in [0.15, 0.2) is 71.8 Å². The highest BCUT2D eigenvalue weighted by Gasteiger charge is 2.18. The Kier molecular flexibility index (Phi) is 6.16. The van der Waals surface area contributed by atoms with Gasteiger partial charge in [-0.2, -0.15) is 10.4 Å². The minimum Gasteiger partial charge on any atom is -0.326 e. The standard InChI is InChI=1S/C23H18ClN5O3S/c24-20-4-2-1-3-17(20)9-23(30)27-18-10-21-19(22(11-18)33(26,31)32)14-29(28-21)13-16-7-5-15(12-25)6-8-16/h1-8,10-11,14H,9,13H2,(H,27,30)(H2,26,31,32). The molecule has 0 spiro atoms. The molecule has 0 aliphatic carbocycles. The first kappa shape index (κ1) is 22.5. The van der Waals surface area contributed by atoms with E-state index < -0.39 is 10.0 Å². The van der Waals surface area contributed by atoms with E-state index in [0.717, 1.165) is 5.56 Å². The molecule has 0 saturated heterocycles. The molecule has 1 aromatic heterocycles. The van der Waals surface area contributed by atoms with E-state index in [2.05, 4.69) is 16.5 Å². The summed E-state index contributed by atoms with van der Waals surface area (Å²) in [6.45, 7) is 0.360. The lowest BCUT2D eigenvalue weighted by Gasteiger charge is -2.08. The smallest absolute Gasteiger partial charge is 0.238 e. The molecule has 33 heavy (non-hydrogen) atoms. The van der Waals surface area contributed by atoms with Crippen molar-refractivity contribution in [2.24, 2.45) is 5.14 Å². The third-order valence-corrected chi connectivity index (χ3v) is 6.28. The van der Waals surface area contributed by atoms with Crippen LogP contribution in [-0.2, 0) is 27.8 Å². The Labute approximate surface area is 195 Å². The molecular weight excluding hydrogens is 462 g/mol. The molecule has 3 N–H and O–H groups in total. The normalized spacial score (nSPS) is 11.3. The first-order chi connectivity index (χ1) is 15.7. The van der Waals surface area contributed by atoms with E-state index in [4.69, 9.17) is 22.0 Å². The van der Waals surface area contributed by atoms with Crippen LogP contribution >= 0.6 is 11.6 Å². The van der Waals surface area contributed by atoms with Gasteiger partial charge in [0.2, 0.25) is 15.9 Å². The maximum absolute atomic E-state index is 12.5. The minimum atomic E-state index is -4.08. The number of primary sulfonamides is 1. The summed E-state index contributed by atoms with van der Waals surface area (Å²) >= 11 is 6.12. The Morgan fingerprint density at radius 1 is 1.15 bits per heavy atom. The van der Waals surface area contributed by atoms with Crippen molar-refractivity contribution < 1.29 is 13.2 Å². The maximum Gasteiger partial charge on any atom is 0.238 e. The van der Waals surface area contributed by atoms with Crippen molar-refractivity contribution in [2.45, 2.75) is 17.9 Å². The van der Waals surface area contributed by atoms with Gasteiger partial charge >= 0.3 is 0 Å². The van der Waals surface area contributed by atoms with Crippen LogP contribution in [0.2, 0.25) is 5.02 Å². The van der Waals surface area contributed by atoms with Gasteiger partial charge < -0.3 is 5.32 Å². The third-order valence-electron chi connectivity index (χ3n) is 4.96. The molecule has 8 nitrogen and oxygen atoms in total. The zero-order valence-electron chi connectivity index (χ0n) is 17.2. The molecular formula is C23H18ClN5O3S.